The summed E-state index contributed by atoms with van der Waals surface area (Å²) in [5.41, 5.74) is -0.623. The van der Waals surface area contributed by atoms with Crippen molar-refractivity contribution >= 4 is 21.9 Å². The first-order valence-corrected chi connectivity index (χ1v) is 10.3. The van der Waals surface area contributed by atoms with Crippen LogP contribution in [0.5, 0.6) is 0 Å². The third-order valence-corrected chi connectivity index (χ3v) is 4.88. The average Bonchev–Trinajstić information content (AvgIpc) is 2.50. The predicted molar refractivity (Wildman–Crippen MR) is 100 cm³/mol. The van der Waals surface area contributed by atoms with E-state index in [2.05, 4.69) is 30.6 Å². The molecule has 10 heteroatoms. The Labute approximate surface area is 151 Å². The molecule has 9 nitrogen and oxygen atoms in total. The summed E-state index contributed by atoms with van der Waals surface area (Å²) in [6, 6.07) is 0.276. The first-order valence-electron chi connectivity index (χ1n) is 8.44. The number of carbonyl (C=O) groups excluding carboxylic acids is 1. The number of hydrogen-bond donors (Lipinski definition) is 4. The maximum Gasteiger partial charge on any atom is 0.233 e. The van der Waals surface area contributed by atoms with Gasteiger partial charge in [0.15, 0.2) is 5.96 Å². The van der Waals surface area contributed by atoms with Crippen molar-refractivity contribution in [2.45, 2.75) is 38.3 Å². The number of sulfonamides is 1. The predicted octanol–water partition coefficient (Wildman–Crippen LogP) is -1.31. The highest BCUT2D eigenvalue weighted by Gasteiger charge is 2.24. The van der Waals surface area contributed by atoms with E-state index in [9.17, 15) is 13.2 Å². The number of likely N-dealkylation sites (tertiary alicyclic amines) is 1. The Morgan fingerprint density at radius 1 is 1.28 bits per heavy atom. The van der Waals surface area contributed by atoms with Crippen molar-refractivity contribution in [3.05, 3.63) is 0 Å². The van der Waals surface area contributed by atoms with Gasteiger partial charge in [-0.15, -0.1) is 0 Å². The number of likely N-dealkylation sites (N-methyl/N-ethyl adjacent to an activating group) is 1. The molecule has 1 amide bonds. The maximum atomic E-state index is 11.4. The molecule has 25 heavy (non-hydrogen) atoms. The SMILES string of the molecule is CN=C(NCC(C)(C)NS(C)(=O)=O)NC1CCN(CC(=O)NC)CC1. The van der Waals surface area contributed by atoms with E-state index in [4.69, 9.17) is 0 Å². The van der Waals surface area contributed by atoms with Gasteiger partial charge in [-0.1, -0.05) is 0 Å². The summed E-state index contributed by atoms with van der Waals surface area (Å²) in [6.07, 6.45) is 2.99. The molecule has 0 spiro atoms. The molecule has 0 aromatic carbocycles. The summed E-state index contributed by atoms with van der Waals surface area (Å²) in [5, 5.41) is 9.17. The second-order valence-corrected chi connectivity index (χ2v) is 8.80. The topological polar surface area (TPSA) is 115 Å². The Morgan fingerprint density at radius 3 is 2.36 bits per heavy atom. The van der Waals surface area contributed by atoms with Crippen LogP contribution in [0.1, 0.15) is 26.7 Å². The molecule has 0 unspecified atom stereocenters. The molecule has 1 aliphatic rings. The van der Waals surface area contributed by atoms with E-state index in [1.54, 1.807) is 14.1 Å². The summed E-state index contributed by atoms with van der Waals surface area (Å²) in [5.74, 6) is 0.678. The summed E-state index contributed by atoms with van der Waals surface area (Å²) >= 11 is 0. The zero-order valence-corrected chi connectivity index (χ0v) is 16.7. The molecule has 0 saturated carbocycles. The number of aliphatic imine (C=N–C) groups is 1. The van der Waals surface area contributed by atoms with Crippen molar-refractivity contribution in [3.63, 3.8) is 0 Å². The van der Waals surface area contributed by atoms with Gasteiger partial charge in [0.2, 0.25) is 15.9 Å². The van der Waals surface area contributed by atoms with Gasteiger partial charge in [-0.3, -0.25) is 14.7 Å². The molecule has 1 heterocycles. The van der Waals surface area contributed by atoms with Gasteiger partial charge < -0.3 is 16.0 Å². The minimum Gasteiger partial charge on any atom is -0.358 e. The molecule has 4 N–H and O–H groups in total. The highest BCUT2D eigenvalue weighted by atomic mass is 32.2. The minimum absolute atomic E-state index is 0.0319. The van der Waals surface area contributed by atoms with Gasteiger partial charge in [0, 0.05) is 45.3 Å². The zero-order chi connectivity index (χ0) is 19.1. The molecular formula is C15H32N6O3S. The second-order valence-electron chi connectivity index (χ2n) is 7.05. The van der Waals surface area contributed by atoms with Crippen LogP contribution < -0.4 is 20.7 Å². The van der Waals surface area contributed by atoms with Gasteiger partial charge >= 0.3 is 0 Å². The Morgan fingerprint density at radius 2 is 1.88 bits per heavy atom. The van der Waals surface area contributed by atoms with Crippen LogP contribution in [0.25, 0.3) is 0 Å². The average molecular weight is 377 g/mol. The standard InChI is InChI=1S/C15H32N6O3S/c1-15(2,20-25(5,23)24)11-18-14(17-4)19-12-6-8-21(9-7-12)10-13(22)16-3/h12,20H,6-11H2,1-5H3,(H,16,22)(H2,17,18,19). The largest absolute Gasteiger partial charge is 0.358 e. The molecule has 0 atom stereocenters. The van der Waals surface area contributed by atoms with Crippen LogP contribution in [0.4, 0.5) is 0 Å². The molecule has 0 aliphatic carbocycles. The fourth-order valence-corrected chi connectivity index (χ4v) is 3.82. The molecule has 1 aliphatic heterocycles. The van der Waals surface area contributed by atoms with Gasteiger partial charge in [-0.25, -0.2) is 13.1 Å². The minimum atomic E-state index is -3.27. The van der Waals surface area contributed by atoms with Crippen molar-refractivity contribution in [1.82, 2.24) is 25.6 Å². The van der Waals surface area contributed by atoms with Crippen LogP contribution in [0.3, 0.4) is 0 Å². The quantitative estimate of drug-likeness (QED) is 0.324. The molecular weight excluding hydrogens is 344 g/mol. The van der Waals surface area contributed by atoms with Crippen LogP contribution in [0.2, 0.25) is 0 Å². The van der Waals surface area contributed by atoms with Crippen LogP contribution >= 0.6 is 0 Å². The van der Waals surface area contributed by atoms with E-state index in [0.29, 0.717) is 19.0 Å². The van der Waals surface area contributed by atoms with Gasteiger partial charge in [0.1, 0.15) is 0 Å². The number of amides is 1. The molecule has 0 bridgehead atoms. The molecule has 1 saturated heterocycles. The lowest BCUT2D eigenvalue weighted by molar-refractivity contribution is -0.122. The van der Waals surface area contributed by atoms with E-state index in [-0.39, 0.29) is 11.9 Å². The summed E-state index contributed by atoms with van der Waals surface area (Å²) in [6.45, 7) is 6.17. The highest BCUT2D eigenvalue weighted by Crippen LogP contribution is 2.10. The number of carbonyl (C=O) groups is 1. The highest BCUT2D eigenvalue weighted by molar-refractivity contribution is 7.88. The molecule has 0 aromatic rings. The van der Waals surface area contributed by atoms with Gasteiger partial charge in [0.25, 0.3) is 0 Å². The van der Waals surface area contributed by atoms with Crippen molar-refractivity contribution in [2.24, 2.45) is 4.99 Å². The lowest BCUT2D eigenvalue weighted by atomic mass is 10.1. The smallest absolute Gasteiger partial charge is 0.233 e. The molecule has 0 aromatic heterocycles. The van der Waals surface area contributed by atoms with E-state index in [1.165, 1.54) is 0 Å². The van der Waals surface area contributed by atoms with Crippen molar-refractivity contribution in [1.29, 1.82) is 0 Å². The Balaban J connectivity index is 2.41. The second kappa shape index (κ2) is 9.35. The van der Waals surface area contributed by atoms with Gasteiger partial charge in [0.05, 0.1) is 12.8 Å². The van der Waals surface area contributed by atoms with E-state index in [0.717, 1.165) is 32.2 Å². The van der Waals surface area contributed by atoms with Crippen LogP contribution in [-0.4, -0.2) is 83.3 Å². The summed E-state index contributed by atoms with van der Waals surface area (Å²) in [4.78, 5) is 17.8. The lowest BCUT2D eigenvalue weighted by Gasteiger charge is -2.33. The number of piperidine rings is 1. The van der Waals surface area contributed by atoms with Gasteiger partial charge in [-0.2, -0.15) is 0 Å². The molecule has 146 valence electrons. The number of nitrogens with one attached hydrogen (secondary N) is 4. The Bertz CT molecular complexity index is 568. The Kier molecular flexibility index (Phi) is 8.10. The van der Waals surface area contributed by atoms with Gasteiger partial charge in [-0.05, 0) is 26.7 Å². The zero-order valence-electron chi connectivity index (χ0n) is 15.8. The number of guanidine groups is 1. The lowest BCUT2D eigenvalue weighted by Crippen LogP contribution is -2.55. The number of nitrogens with zero attached hydrogens (tertiary/aromatic N) is 2. The fourth-order valence-electron chi connectivity index (χ4n) is 2.75. The third kappa shape index (κ3) is 9.03. The van der Waals surface area contributed by atoms with E-state index in [1.807, 2.05) is 13.8 Å². The number of hydrogen-bond acceptors (Lipinski definition) is 5. The van der Waals surface area contributed by atoms with Crippen molar-refractivity contribution in [2.75, 3.05) is 46.5 Å². The monoisotopic (exact) mass is 376 g/mol. The van der Waals surface area contributed by atoms with Crippen LogP contribution in [0.15, 0.2) is 4.99 Å². The molecule has 0 radical (unpaired) electrons. The summed E-state index contributed by atoms with van der Waals surface area (Å²) in [7, 11) is 0.0624. The first-order chi connectivity index (χ1) is 11.5. The van der Waals surface area contributed by atoms with Crippen LogP contribution in [0, 0.1) is 0 Å². The Hall–Kier alpha value is -1.39. The fraction of sp³-hybridized carbons (Fsp3) is 0.867. The van der Waals surface area contributed by atoms with Crippen molar-refractivity contribution in [3.8, 4) is 0 Å². The van der Waals surface area contributed by atoms with Crippen LogP contribution in [-0.2, 0) is 14.8 Å². The molecule has 1 rings (SSSR count). The normalized spacial score (nSPS) is 18.0. The summed E-state index contributed by atoms with van der Waals surface area (Å²) < 4.78 is 25.4. The first kappa shape index (κ1) is 21.7. The van der Waals surface area contributed by atoms with E-state index >= 15 is 0 Å². The van der Waals surface area contributed by atoms with E-state index < -0.39 is 15.6 Å². The van der Waals surface area contributed by atoms with Crippen molar-refractivity contribution < 1.29 is 13.2 Å². The number of rotatable bonds is 7. The molecule has 1 fully saturated rings. The maximum absolute atomic E-state index is 11.4. The third-order valence-electron chi connectivity index (χ3n) is 3.96.